The summed E-state index contributed by atoms with van der Waals surface area (Å²) in [6.45, 7) is -0.601. The number of hydrogen-bond acceptors (Lipinski definition) is 7. The second-order valence-corrected chi connectivity index (χ2v) is 12.4. The number of benzene rings is 1. The predicted molar refractivity (Wildman–Crippen MR) is 132 cm³/mol. The Bertz CT molecular complexity index is 1510. The van der Waals surface area contributed by atoms with Gasteiger partial charge in [-0.15, -0.1) is 11.8 Å². The first-order chi connectivity index (χ1) is 17.3. The molecule has 2 aromatic heterocycles. The van der Waals surface area contributed by atoms with Crippen LogP contribution in [0.4, 0.5) is 0 Å². The molecule has 2 bridgehead atoms. The van der Waals surface area contributed by atoms with Crippen LogP contribution in [0.2, 0.25) is 5.02 Å². The average molecular weight is 543 g/mol. The van der Waals surface area contributed by atoms with E-state index >= 15 is 0 Å². The van der Waals surface area contributed by atoms with Gasteiger partial charge in [0.2, 0.25) is 11.8 Å². The van der Waals surface area contributed by atoms with Crippen molar-refractivity contribution in [3.05, 3.63) is 61.7 Å². The molecule has 8 nitrogen and oxygen atoms in total. The largest absolute Gasteiger partial charge is 0.480 e. The number of aromatic nitrogens is 1. The molecule has 1 saturated heterocycles. The van der Waals surface area contributed by atoms with Gasteiger partial charge in [-0.3, -0.25) is 24.1 Å². The van der Waals surface area contributed by atoms with Gasteiger partial charge < -0.3 is 14.5 Å². The van der Waals surface area contributed by atoms with Gasteiger partial charge >= 0.3 is 10.8 Å². The van der Waals surface area contributed by atoms with Crippen LogP contribution < -0.4 is 4.87 Å². The van der Waals surface area contributed by atoms with Gasteiger partial charge in [0.15, 0.2) is 0 Å². The van der Waals surface area contributed by atoms with E-state index in [-0.39, 0.29) is 45.6 Å². The molecule has 184 valence electrons. The number of aromatic amines is 1. The number of thiazole rings is 1. The Morgan fingerprint density at radius 2 is 1.86 bits per heavy atom. The van der Waals surface area contributed by atoms with E-state index in [1.54, 1.807) is 17.8 Å². The highest BCUT2D eigenvalue weighted by atomic mass is 35.5. The van der Waals surface area contributed by atoms with E-state index in [1.165, 1.54) is 0 Å². The Kier molecular flexibility index (Phi) is 4.87. The number of thioether (sulfide) groups is 1. The number of hydrogen-bond donors (Lipinski definition) is 2. The first-order valence-corrected chi connectivity index (χ1v) is 13.7. The van der Waals surface area contributed by atoms with Crippen molar-refractivity contribution in [3.8, 4) is 11.3 Å². The molecule has 3 aromatic rings. The van der Waals surface area contributed by atoms with Crippen molar-refractivity contribution in [2.24, 2.45) is 29.6 Å². The number of rotatable bonds is 4. The summed E-state index contributed by atoms with van der Waals surface area (Å²) in [7, 11) is 0. The van der Waals surface area contributed by atoms with Crippen molar-refractivity contribution in [2.75, 3.05) is 6.54 Å². The number of imide groups is 1. The summed E-state index contributed by atoms with van der Waals surface area (Å²) in [5.41, 5.74) is 0.767. The molecule has 2 aliphatic carbocycles. The zero-order valence-electron chi connectivity index (χ0n) is 18.5. The maximum Gasteiger partial charge on any atom is 0.323 e. The van der Waals surface area contributed by atoms with E-state index in [0.29, 0.717) is 16.5 Å². The summed E-state index contributed by atoms with van der Waals surface area (Å²) in [6.07, 6.45) is 0.726. The zero-order chi connectivity index (χ0) is 24.9. The Hall–Kier alpha value is -2.82. The Balaban J connectivity index is 1.32. The van der Waals surface area contributed by atoms with Crippen LogP contribution in [0.15, 0.2) is 50.6 Å². The molecule has 7 rings (SSSR count). The van der Waals surface area contributed by atoms with Gasteiger partial charge in [-0.05, 0) is 48.4 Å². The van der Waals surface area contributed by atoms with Crippen molar-refractivity contribution in [3.63, 3.8) is 0 Å². The lowest BCUT2D eigenvalue weighted by atomic mass is 9.69. The van der Waals surface area contributed by atoms with E-state index in [4.69, 9.17) is 16.0 Å². The van der Waals surface area contributed by atoms with E-state index in [2.05, 4.69) is 4.98 Å². The molecule has 7 atom stereocenters. The number of nitrogens with one attached hydrogen (secondary N) is 1. The Morgan fingerprint density at radius 1 is 1.11 bits per heavy atom. The van der Waals surface area contributed by atoms with Gasteiger partial charge in [0, 0.05) is 10.8 Å². The van der Waals surface area contributed by atoms with Gasteiger partial charge in [-0.1, -0.05) is 35.1 Å². The number of H-pyrrole nitrogens is 1. The first-order valence-electron chi connectivity index (χ1n) is 11.6. The highest BCUT2D eigenvalue weighted by Gasteiger charge is 2.70. The standard InChI is InChI=1S/C25H19ClN2O6S2/c26-12-4-2-1-3-9(12)13-5-6-14(34-13)19-16-10-7-11(20(16)35-22-21(19)36-25(33)27-22)18-17(10)23(31)28(24(18)32)8-15(29)30/h1-6,10-11,16-20H,7-8H2,(H,27,33)(H,29,30)/t10-,11-,16-,17+,18-,19-,20-/m1/s1. The van der Waals surface area contributed by atoms with Gasteiger partial charge in [0.25, 0.3) is 0 Å². The van der Waals surface area contributed by atoms with Gasteiger partial charge in [0.05, 0.1) is 32.7 Å². The smallest absolute Gasteiger partial charge is 0.323 e. The molecular formula is C25H19ClN2O6S2. The average Bonchev–Trinajstić information content (AvgIpc) is 3.64. The van der Waals surface area contributed by atoms with E-state index in [0.717, 1.165) is 38.1 Å². The number of carboxylic acids is 1. The molecule has 0 radical (unpaired) electrons. The molecule has 0 unspecified atom stereocenters. The fraction of sp³-hybridized carbons (Fsp3) is 0.360. The number of carbonyl (C=O) groups is 3. The topological polar surface area (TPSA) is 121 Å². The van der Waals surface area contributed by atoms with Crippen molar-refractivity contribution in [2.45, 2.75) is 22.6 Å². The number of halogens is 1. The summed E-state index contributed by atoms with van der Waals surface area (Å²) >= 11 is 9.13. The molecule has 4 aliphatic rings. The fourth-order valence-corrected chi connectivity index (χ4v) is 10.1. The number of fused-ring (bicyclic) bond motifs is 9. The fourth-order valence-electron chi connectivity index (χ4n) is 7.01. The second kappa shape index (κ2) is 7.84. The summed E-state index contributed by atoms with van der Waals surface area (Å²) in [6, 6.07) is 11.2. The van der Waals surface area contributed by atoms with Crippen LogP contribution in [-0.4, -0.2) is 44.6 Å². The van der Waals surface area contributed by atoms with Crippen molar-refractivity contribution < 1.29 is 23.9 Å². The first kappa shape index (κ1) is 22.4. The van der Waals surface area contributed by atoms with Crippen molar-refractivity contribution >= 4 is 52.5 Å². The van der Waals surface area contributed by atoms with Crippen LogP contribution >= 0.6 is 34.7 Å². The molecule has 11 heteroatoms. The van der Waals surface area contributed by atoms with E-state index in [9.17, 15) is 24.3 Å². The minimum Gasteiger partial charge on any atom is -0.480 e. The van der Waals surface area contributed by atoms with Crippen LogP contribution in [0.5, 0.6) is 0 Å². The van der Waals surface area contributed by atoms with Gasteiger partial charge in [-0.25, -0.2) is 0 Å². The second-order valence-electron chi connectivity index (χ2n) is 9.80. The number of amides is 2. The number of furan rings is 1. The monoisotopic (exact) mass is 542 g/mol. The lowest BCUT2D eigenvalue weighted by Gasteiger charge is -2.42. The number of carbonyl (C=O) groups excluding carboxylic acids is 2. The van der Waals surface area contributed by atoms with E-state index < -0.39 is 24.3 Å². The third-order valence-corrected chi connectivity index (χ3v) is 11.1. The number of aliphatic carboxylic acids is 1. The lowest BCUT2D eigenvalue weighted by molar-refractivity contribution is -0.149. The lowest BCUT2D eigenvalue weighted by Crippen LogP contribution is -2.42. The Labute approximate surface area is 217 Å². The molecule has 2 saturated carbocycles. The molecule has 2 aliphatic heterocycles. The highest BCUT2D eigenvalue weighted by molar-refractivity contribution is 8.00. The molecular weight excluding hydrogens is 524 g/mol. The van der Waals surface area contributed by atoms with Gasteiger partial charge in [-0.2, -0.15) is 0 Å². The number of nitrogens with zero attached hydrogens (tertiary/aromatic N) is 1. The van der Waals surface area contributed by atoms with Gasteiger partial charge in [0.1, 0.15) is 18.1 Å². The number of carboxylic acid groups (broad SMARTS) is 1. The van der Waals surface area contributed by atoms with Crippen LogP contribution in [0.3, 0.4) is 0 Å². The maximum atomic E-state index is 13.3. The van der Waals surface area contributed by atoms with Crippen LogP contribution in [0.25, 0.3) is 11.3 Å². The maximum absolute atomic E-state index is 13.3. The molecule has 1 aromatic carbocycles. The molecule has 2 amide bonds. The summed E-state index contributed by atoms with van der Waals surface area (Å²) in [5, 5.41) is 10.6. The Morgan fingerprint density at radius 3 is 2.61 bits per heavy atom. The molecule has 3 fully saturated rings. The molecule has 0 spiro atoms. The summed E-state index contributed by atoms with van der Waals surface area (Å²) in [5.74, 6) is -2.11. The van der Waals surface area contributed by atoms with E-state index in [1.807, 2.05) is 30.3 Å². The third-order valence-electron chi connectivity index (χ3n) is 8.18. The molecule has 36 heavy (non-hydrogen) atoms. The molecule has 4 heterocycles. The predicted octanol–water partition coefficient (Wildman–Crippen LogP) is 3.91. The SMILES string of the molecule is O=C(O)CN1C(=O)[C@@H]2[C@H]3C[C@@H]([C@@H]2C1=O)[C@@H]1[C@@H](c2ccc(-c4ccccc4Cl)o2)c2sc(=O)[nH]c2S[C@H]31. The minimum atomic E-state index is -1.20. The van der Waals surface area contributed by atoms with Crippen molar-refractivity contribution in [1.82, 2.24) is 9.88 Å². The van der Waals surface area contributed by atoms with Crippen LogP contribution in [-0.2, 0) is 14.4 Å². The quantitative estimate of drug-likeness (QED) is 0.479. The minimum absolute atomic E-state index is 0.00870. The van der Waals surface area contributed by atoms with Crippen LogP contribution in [0, 0.1) is 29.6 Å². The molecule has 2 N–H and O–H groups in total. The highest BCUT2D eigenvalue weighted by Crippen LogP contribution is 2.68. The summed E-state index contributed by atoms with van der Waals surface area (Å²) < 4.78 is 6.36. The number of likely N-dealkylation sites (tertiary alicyclic amines) is 1. The third kappa shape index (κ3) is 3.01. The zero-order valence-corrected chi connectivity index (χ0v) is 20.9. The summed E-state index contributed by atoms with van der Waals surface area (Å²) in [4.78, 5) is 54.7. The van der Waals surface area contributed by atoms with Crippen molar-refractivity contribution in [1.29, 1.82) is 0 Å². The van der Waals surface area contributed by atoms with Crippen LogP contribution in [0.1, 0.15) is 23.0 Å². The normalized spacial score (nSPS) is 32.0.